The van der Waals surface area contributed by atoms with E-state index in [-0.39, 0.29) is 0 Å². The highest BCUT2D eigenvalue weighted by Crippen LogP contribution is 2.38. The van der Waals surface area contributed by atoms with Crippen LogP contribution in [0.15, 0.2) is 35.3 Å². The smallest absolute Gasteiger partial charge is 0.0815 e. The molecule has 0 amide bonds. The van der Waals surface area contributed by atoms with Crippen LogP contribution >= 0.6 is 0 Å². The molecule has 0 N–H and O–H groups in total. The van der Waals surface area contributed by atoms with Crippen LogP contribution in [-0.2, 0) is 0 Å². The average Bonchev–Trinajstić information content (AvgIpc) is 2.59. The van der Waals surface area contributed by atoms with Crippen molar-refractivity contribution in [2.45, 2.75) is 84.6 Å². The number of rotatable bonds is 6. The van der Waals surface area contributed by atoms with E-state index in [9.17, 15) is 0 Å². The highest BCUT2D eigenvalue weighted by Gasteiger charge is 2.19. The fourth-order valence-corrected chi connectivity index (χ4v) is 3.63. The van der Waals surface area contributed by atoms with Crippen LogP contribution in [0.4, 0.5) is 0 Å². The molecule has 1 heterocycles. The van der Waals surface area contributed by atoms with Crippen molar-refractivity contribution in [3.8, 4) is 11.3 Å². The van der Waals surface area contributed by atoms with Gasteiger partial charge in [-0.25, -0.2) is 4.98 Å². The molecule has 1 aromatic carbocycles. The van der Waals surface area contributed by atoms with Crippen molar-refractivity contribution in [1.29, 1.82) is 0 Å². The molecular weight excluding hydrogens is 328 g/mol. The summed E-state index contributed by atoms with van der Waals surface area (Å²) in [5, 5.41) is 0. The van der Waals surface area contributed by atoms with Gasteiger partial charge in [-0.15, -0.1) is 0 Å². The molecular formula is C25H34N2. The Balaban J connectivity index is 2.10. The second-order valence-electron chi connectivity index (χ2n) is 8.85. The highest BCUT2D eigenvalue weighted by atomic mass is 14.8. The standard InChI is InChI=1S/C25H34N2/c1-16(2)19-13-22(17(3)4)25(23(14-19)18(5)6)24-12-8-11-21(27-24)15-26-20-9-7-10-20/h8,11-18,20H,7,9-10H2,1-6H3. The summed E-state index contributed by atoms with van der Waals surface area (Å²) in [5.41, 5.74) is 7.61. The minimum Gasteiger partial charge on any atom is -0.288 e. The molecule has 1 aromatic heterocycles. The van der Waals surface area contributed by atoms with Crippen molar-refractivity contribution in [1.82, 2.24) is 4.98 Å². The summed E-state index contributed by atoms with van der Waals surface area (Å²) in [7, 11) is 0. The predicted octanol–water partition coefficient (Wildman–Crippen LogP) is 7.09. The first kappa shape index (κ1) is 19.8. The molecule has 1 saturated carbocycles. The zero-order valence-electron chi connectivity index (χ0n) is 17.8. The number of aliphatic imine (C=N–C) groups is 1. The number of nitrogens with zero attached hydrogens (tertiary/aromatic N) is 2. The Labute approximate surface area is 165 Å². The largest absolute Gasteiger partial charge is 0.288 e. The molecule has 0 aliphatic heterocycles. The second-order valence-corrected chi connectivity index (χ2v) is 8.85. The van der Waals surface area contributed by atoms with Crippen LogP contribution in [0.1, 0.15) is 101 Å². The number of aromatic nitrogens is 1. The lowest BCUT2D eigenvalue weighted by molar-refractivity contribution is 0.421. The van der Waals surface area contributed by atoms with Gasteiger partial charge in [-0.05, 0) is 65.8 Å². The average molecular weight is 363 g/mol. The monoisotopic (exact) mass is 362 g/mol. The molecule has 2 aromatic rings. The van der Waals surface area contributed by atoms with Crippen molar-refractivity contribution in [2.24, 2.45) is 4.99 Å². The molecule has 1 aliphatic rings. The molecule has 144 valence electrons. The van der Waals surface area contributed by atoms with Crippen LogP contribution < -0.4 is 0 Å². The van der Waals surface area contributed by atoms with E-state index in [2.05, 4.69) is 71.9 Å². The van der Waals surface area contributed by atoms with Gasteiger partial charge >= 0.3 is 0 Å². The molecule has 0 unspecified atom stereocenters. The van der Waals surface area contributed by atoms with Crippen molar-refractivity contribution in [3.63, 3.8) is 0 Å². The molecule has 3 rings (SSSR count). The summed E-state index contributed by atoms with van der Waals surface area (Å²) < 4.78 is 0. The normalized spacial score (nSPS) is 15.3. The first-order chi connectivity index (χ1) is 12.9. The van der Waals surface area contributed by atoms with Crippen molar-refractivity contribution >= 4 is 6.21 Å². The predicted molar refractivity (Wildman–Crippen MR) is 117 cm³/mol. The number of benzene rings is 1. The highest BCUT2D eigenvalue weighted by molar-refractivity contribution is 5.79. The van der Waals surface area contributed by atoms with Crippen molar-refractivity contribution < 1.29 is 0 Å². The van der Waals surface area contributed by atoms with Crippen LogP contribution in [0.3, 0.4) is 0 Å². The second kappa shape index (κ2) is 8.37. The van der Waals surface area contributed by atoms with Gasteiger partial charge in [0.25, 0.3) is 0 Å². The Kier molecular flexibility index (Phi) is 6.14. The Morgan fingerprint density at radius 2 is 1.56 bits per heavy atom. The zero-order chi connectivity index (χ0) is 19.6. The molecule has 27 heavy (non-hydrogen) atoms. The van der Waals surface area contributed by atoms with E-state index >= 15 is 0 Å². The summed E-state index contributed by atoms with van der Waals surface area (Å²) in [4.78, 5) is 9.68. The maximum Gasteiger partial charge on any atom is 0.0815 e. The van der Waals surface area contributed by atoms with Crippen LogP contribution in [0, 0.1) is 0 Å². The van der Waals surface area contributed by atoms with Gasteiger partial charge in [0.2, 0.25) is 0 Å². The fraction of sp³-hybridized carbons (Fsp3) is 0.520. The zero-order valence-corrected chi connectivity index (χ0v) is 17.8. The summed E-state index contributed by atoms with van der Waals surface area (Å²) >= 11 is 0. The summed E-state index contributed by atoms with van der Waals surface area (Å²) in [6.45, 7) is 13.7. The van der Waals surface area contributed by atoms with E-state index in [1.165, 1.54) is 41.5 Å². The van der Waals surface area contributed by atoms with E-state index in [4.69, 9.17) is 9.98 Å². The third-order valence-corrected chi connectivity index (χ3v) is 5.65. The number of hydrogen-bond donors (Lipinski definition) is 0. The lowest BCUT2D eigenvalue weighted by Gasteiger charge is -2.23. The number of hydrogen-bond acceptors (Lipinski definition) is 2. The molecule has 0 bridgehead atoms. The molecule has 0 atom stereocenters. The Morgan fingerprint density at radius 1 is 0.926 bits per heavy atom. The van der Waals surface area contributed by atoms with Gasteiger partial charge in [-0.1, -0.05) is 59.7 Å². The van der Waals surface area contributed by atoms with Gasteiger partial charge < -0.3 is 0 Å². The maximum atomic E-state index is 4.98. The van der Waals surface area contributed by atoms with E-state index in [1.54, 1.807) is 0 Å². The number of pyridine rings is 1. The third-order valence-electron chi connectivity index (χ3n) is 5.65. The van der Waals surface area contributed by atoms with Crippen LogP contribution in [0.5, 0.6) is 0 Å². The Hall–Kier alpha value is -1.96. The van der Waals surface area contributed by atoms with Gasteiger partial charge in [0, 0.05) is 11.8 Å². The van der Waals surface area contributed by atoms with Crippen LogP contribution in [0.25, 0.3) is 11.3 Å². The van der Waals surface area contributed by atoms with Gasteiger partial charge in [0.05, 0.1) is 17.4 Å². The third kappa shape index (κ3) is 4.48. The molecule has 0 radical (unpaired) electrons. The first-order valence-electron chi connectivity index (χ1n) is 10.5. The van der Waals surface area contributed by atoms with E-state index < -0.39 is 0 Å². The minimum absolute atomic E-state index is 0.463. The van der Waals surface area contributed by atoms with Crippen molar-refractivity contribution in [3.05, 3.63) is 52.7 Å². The Morgan fingerprint density at radius 3 is 2.04 bits per heavy atom. The van der Waals surface area contributed by atoms with Gasteiger partial charge in [0.15, 0.2) is 0 Å². The van der Waals surface area contributed by atoms with Gasteiger partial charge in [-0.3, -0.25) is 4.99 Å². The van der Waals surface area contributed by atoms with E-state index in [0.717, 1.165) is 11.4 Å². The van der Waals surface area contributed by atoms with E-state index in [1.807, 2.05) is 6.21 Å². The van der Waals surface area contributed by atoms with Crippen molar-refractivity contribution in [2.75, 3.05) is 0 Å². The quantitative estimate of drug-likeness (QED) is 0.503. The fourth-order valence-electron chi connectivity index (χ4n) is 3.63. The van der Waals surface area contributed by atoms with Gasteiger partial charge in [0.1, 0.15) is 0 Å². The van der Waals surface area contributed by atoms with Gasteiger partial charge in [-0.2, -0.15) is 0 Å². The molecule has 1 fully saturated rings. The SMILES string of the molecule is CC(C)c1cc(C(C)C)c(-c2cccc(C=NC3CCC3)n2)c(C(C)C)c1. The summed E-state index contributed by atoms with van der Waals surface area (Å²) in [6.07, 6.45) is 5.73. The molecule has 0 saturated heterocycles. The van der Waals surface area contributed by atoms with Crippen LogP contribution in [0.2, 0.25) is 0 Å². The lowest BCUT2D eigenvalue weighted by atomic mass is 9.83. The summed E-state index contributed by atoms with van der Waals surface area (Å²) in [6, 6.07) is 11.6. The maximum absolute atomic E-state index is 4.98. The molecule has 2 nitrogen and oxygen atoms in total. The minimum atomic E-state index is 0.463. The van der Waals surface area contributed by atoms with E-state index in [0.29, 0.717) is 23.8 Å². The Bertz CT molecular complexity index is 782. The molecule has 2 heteroatoms. The first-order valence-corrected chi connectivity index (χ1v) is 10.5. The lowest BCUT2D eigenvalue weighted by Crippen LogP contribution is -2.14. The molecule has 1 aliphatic carbocycles. The topological polar surface area (TPSA) is 25.2 Å². The molecule has 0 spiro atoms. The van der Waals surface area contributed by atoms with Crippen LogP contribution in [-0.4, -0.2) is 17.2 Å². The summed E-state index contributed by atoms with van der Waals surface area (Å²) in [5.74, 6) is 1.46.